The van der Waals surface area contributed by atoms with E-state index in [2.05, 4.69) is 66.3 Å². The van der Waals surface area contributed by atoms with Crippen molar-refractivity contribution in [2.24, 2.45) is 55.7 Å². The fourth-order valence-electron chi connectivity index (χ4n) is 12.5. The molecular formula is C44H72N2O7. The Labute approximate surface area is 320 Å². The molecule has 0 bridgehead atoms. The van der Waals surface area contributed by atoms with E-state index in [1.807, 2.05) is 13.0 Å². The third-order valence-electron chi connectivity index (χ3n) is 15.6. The van der Waals surface area contributed by atoms with E-state index in [9.17, 15) is 9.90 Å². The summed E-state index contributed by atoms with van der Waals surface area (Å²) in [6, 6.07) is 0. The molecule has 5 aliphatic rings. The zero-order chi connectivity index (χ0) is 39.2. The molecule has 0 aromatic heterocycles. The van der Waals surface area contributed by atoms with E-state index in [0.29, 0.717) is 49.1 Å². The van der Waals surface area contributed by atoms with Crippen LogP contribution in [0.2, 0.25) is 0 Å². The lowest BCUT2D eigenvalue weighted by Crippen LogP contribution is -2.70. The number of methoxy groups -OCH3 is 2. The highest BCUT2D eigenvalue weighted by Crippen LogP contribution is 2.75. The quantitative estimate of drug-likeness (QED) is 0.0483. The second-order valence-electron chi connectivity index (χ2n) is 19.2. The summed E-state index contributed by atoms with van der Waals surface area (Å²) < 4.78 is 24.2. The SMILES string of the molecule is C=C[C@H](CC/C=C(\COC)C(=O)OC1CC2(ON=C(C)N)C(OC)CC3(C)C(=CCC4C5(C)CCC(O)C(C)(C)C5CCC43C)C2CC1(C)C)OCC. The van der Waals surface area contributed by atoms with Gasteiger partial charge in [0, 0.05) is 38.6 Å². The molecule has 0 radical (unpaired) electrons. The third-order valence-corrected chi connectivity index (χ3v) is 15.6. The molecule has 0 aliphatic heterocycles. The largest absolute Gasteiger partial charge is 0.458 e. The van der Waals surface area contributed by atoms with Gasteiger partial charge in [0.05, 0.1) is 24.4 Å². The van der Waals surface area contributed by atoms with Gasteiger partial charge in [-0.1, -0.05) is 77.4 Å². The predicted octanol–water partition coefficient (Wildman–Crippen LogP) is 8.30. The molecule has 11 atom stereocenters. The molecule has 10 unspecified atom stereocenters. The average molecular weight is 741 g/mol. The molecule has 4 saturated carbocycles. The second kappa shape index (κ2) is 15.4. The number of nitrogens with two attached hydrogens (primary N) is 1. The summed E-state index contributed by atoms with van der Waals surface area (Å²) in [5, 5.41) is 15.6. The van der Waals surface area contributed by atoms with Crippen molar-refractivity contribution in [1.82, 2.24) is 0 Å². The zero-order valence-corrected chi connectivity index (χ0v) is 34.9. The van der Waals surface area contributed by atoms with E-state index >= 15 is 0 Å². The molecule has 0 amide bonds. The van der Waals surface area contributed by atoms with Crippen LogP contribution in [-0.2, 0) is 28.6 Å². The Hall–Kier alpha value is -2.20. The maximum absolute atomic E-state index is 14.0. The molecule has 3 N–H and O–H groups in total. The first-order valence-corrected chi connectivity index (χ1v) is 20.3. The van der Waals surface area contributed by atoms with Gasteiger partial charge in [0.1, 0.15) is 18.0 Å². The maximum Gasteiger partial charge on any atom is 0.336 e. The van der Waals surface area contributed by atoms with Gasteiger partial charge in [-0.15, -0.1) is 6.58 Å². The summed E-state index contributed by atoms with van der Waals surface area (Å²) in [5.74, 6) is 0.895. The summed E-state index contributed by atoms with van der Waals surface area (Å²) in [6.07, 6.45) is 13.6. The van der Waals surface area contributed by atoms with Crippen LogP contribution in [0.25, 0.3) is 0 Å². The number of esters is 1. The van der Waals surface area contributed by atoms with E-state index in [-0.39, 0.29) is 63.9 Å². The van der Waals surface area contributed by atoms with Crippen molar-refractivity contribution in [2.45, 2.75) is 157 Å². The molecular weight excluding hydrogens is 668 g/mol. The van der Waals surface area contributed by atoms with Crippen LogP contribution in [0.5, 0.6) is 0 Å². The van der Waals surface area contributed by atoms with Crippen molar-refractivity contribution >= 4 is 11.8 Å². The monoisotopic (exact) mass is 741 g/mol. The molecule has 0 spiro atoms. The van der Waals surface area contributed by atoms with Crippen LogP contribution in [0.15, 0.2) is 41.1 Å². The van der Waals surface area contributed by atoms with Gasteiger partial charge in [-0.05, 0) is 105 Å². The van der Waals surface area contributed by atoms with Crippen LogP contribution in [0.3, 0.4) is 0 Å². The molecule has 0 aromatic rings. The number of hydrogen-bond donors (Lipinski definition) is 2. The minimum Gasteiger partial charge on any atom is -0.458 e. The van der Waals surface area contributed by atoms with Crippen LogP contribution in [0.4, 0.5) is 0 Å². The first kappa shape index (κ1) is 42.0. The smallest absolute Gasteiger partial charge is 0.336 e. The summed E-state index contributed by atoms with van der Waals surface area (Å²) in [6.45, 7) is 24.9. The molecule has 0 aromatic carbocycles. The van der Waals surface area contributed by atoms with Crippen LogP contribution in [0.1, 0.15) is 127 Å². The lowest BCUT2D eigenvalue weighted by Gasteiger charge is -2.71. The standard InChI is InChI=1S/C44H72N2O7/c1-13-30(51-14-2)17-15-16-29(27-49-11)38(48)52-36-26-44(53-46-28(3)45)32(24-39(36,4)5)31-18-19-34-41(8)22-21-35(47)40(6,7)33(41)20-23-42(34,9)43(31,10)25-37(44)50-12/h13,16,18,30,32-37,47H,1,14-15,17,19-27H2,2-12H3,(H2,45,46)/b29-16+/t30-,32?,33?,34?,35?,36?,37?,41?,42?,43?,44?/m1/s1. The van der Waals surface area contributed by atoms with Crippen molar-refractivity contribution in [3.05, 3.63) is 36.0 Å². The number of oxime groups is 1. The molecule has 5 rings (SSSR count). The van der Waals surface area contributed by atoms with Crippen LogP contribution >= 0.6 is 0 Å². The van der Waals surface area contributed by atoms with Gasteiger partial charge in [-0.3, -0.25) is 0 Å². The lowest BCUT2D eigenvalue weighted by molar-refractivity contribution is -0.259. The van der Waals surface area contributed by atoms with E-state index < -0.39 is 11.7 Å². The van der Waals surface area contributed by atoms with Gasteiger partial charge in [0.15, 0.2) is 5.60 Å². The van der Waals surface area contributed by atoms with E-state index in [4.69, 9.17) is 29.5 Å². The molecule has 9 nitrogen and oxygen atoms in total. The molecule has 0 heterocycles. The van der Waals surface area contributed by atoms with Crippen molar-refractivity contribution in [1.29, 1.82) is 0 Å². The van der Waals surface area contributed by atoms with Gasteiger partial charge >= 0.3 is 5.97 Å². The van der Waals surface area contributed by atoms with Gasteiger partial charge in [-0.2, -0.15) is 0 Å². The number of nitrogens with zero attached hydrogens (tertiary/aromatic N) is 1. The zero-order valence-electron chi connectivity index (χ0n) is 34.9. The highest BCUT2D eigenvalue weighted by molar-refractivity contribution is 5.89. The van der Waals surface area contributed by atoms with E-state index in [1.54, 1.807) is 27.2 Å². The van der Waals surface area contributed by atoms with Crippen molar-refractivity contribution in [3.8, 4) is 0 Å². The van der Waals surface area contributed by atoms with Crippen LogP contribution in [0, 0.1) is 44.8 Å². The number of allylic oxidation sites excluding steroid dienone is 2. The first-order valence-electron chi connectivity index (χ1n) is 20.3. The lowest BCUT2D eigenvalue weighted by atomic mass is 9.34. The molecule has 9 heteroatoms. The number of aliphatic hydroxyl groups is 1. The van der Waals surface area contributed by atoms with Crippen LogP contribution in [-0.4, -0.2) is 74.4 Å². The summed E-state index contributed by atoms with van der Waals surface area (Å²) >= 11 is 0. The Morgan fingerprint density at radius 1 is 1.06 bits per heavy atom. The first-order chi connectivity index (χ1) is 24.8. The molecule has 53 heavy (non-hydrogen) atoms. The van der Waals surface area contributed by atoms with E-state index in [0.717, 1.165) is 44.9 Å². The van der Waals surface area contributed by atoms with Gasteiger partial charge in [0.2, 0.25) is 0 Å². The van der Waals surface area contributed by atoms with Crippen molar-refractivity contribution in [2.75, 3.05) is 27.4 Å². The van der Waals surface area contributed by atoms with Gasteiger partial charge in [0.25, 0.3) is 0 Å². The van der Waals surface area contributed by atoms with E-state index in [1.165, 1.54) is 5.57 Å². The maximum atomic E-state index is 14.0. The number of carbonyl (C=O) groups excluding carboxylic acids is 1. The fraction of sp³-hybridized carbons (Fsp3) is 0.818. The number of rotatable bonds is 13. The Morgan fingerprint density at radius 3 is 2.40 bits per heavy atom. The van der Waals surface area contributed by atoms with Gasteiger partial charge in [-0.25, -0.2) is 4.79 Å². The summed E-state index contributed by atoms with van der Waals surface area (Å²) in [5.41, 5.74) is 6.72. The number of fused-ring (bicyclic) bond motifs is 7. The molecule has 4 fully saturated rings. The fourth-order valence-corrected chi connectivity index (χ4v) is 12.5. The average Bonchev–Trinajstić information content (AvgIpc) is 3.09. The molecule has 300 valence electrons. The number of hydrogen-bond acceptors (Lipinski definition) is 8. The number of ether oxygens (including phenoxy) is 4. The normalized spacial score (nSPS) is 41.1. The predicted molar refractivity (Wildman–Crippen MR) is 210 cm³/mol. The Balaban J connectivity index is 1.51. The van der Waals surface area contributed by atoms with Gasteiger partial charge < -0.3 is 34.6 Å². The van der Waals surface area contributed by atoms with Crippen molar-refractivity contribution < 1.29 is 33.7 Å². The highest BCUT2D eigenvalue weighted by Gasteiger charge is 2.72. The van der Waals surface area contributed by atoms with Crippen molar-refractivity contribution in [3.63, 3.8) is 0 Å². The highest BCUT2D eigenvalue weighted by atomic mass is 16.7. The number of amidine groups is 1. The minimum absolute atomic E-state index is 0.0180. The number of aliphatic hydroxyl groups excluding tert-OH is 1. The summed E-state index contributed by atoms with van der Waals surface area (Å²) in [4.78, 5) is 20.7. The topological polar surface area (TPSA) is 122 Å². The Kier molecular flexibility index (Phi) is 12.2. The minimum atomic E-state index is -0.887. The third kappa shape index (κ3) is 7.08. The molecule has 5 aliphatic carbocycles. The number of carbonyl (C=O) groups is 1. The second-order valence-corrected chi connectivity index (χ2v) is 19.2. The molecule has 0 saturated heterocycles. The van der Waals surface area contributed by atoms with Crippen LogP contribution < -0.4 is 5.73 Å². The Morgan fingerprint density at radius 2 is 1.77 bits per heavy atom. The summed E-state index contributed by atoms with van der Waals surface area (Å²) in [7, 11) is 3.38. The Bertz CT molecular complexity index is 1450.